The van der Waals surface area contributed by atoms with E-state index in [1.165, 1.54) is 30.6 Å². The highest BCUT2D eigenvalue weighted by atomic mass is 16.5. The Morgan fingerprint density at radius 3 is 2.48 bits per heavy atom. The molecule has 3 aromatic rings. The third kappa shape index (κ3) is 4.57. The fourth-order valence-corrected chi connectivity index (χ4v) is 2.29. The van der Waals surface area contributed by atoms with Gasteiger partial charge in [-0.1, -0.05) is 0 Å². The molecule has 0 atom stereocenters. The van der Waals surface area contributed by atoms with Gasteiger partial charge < -0.3 is 14.9 Å². The number of methoxy groups -OCH3 is 1. The normalized spacial score (nSPS) is 10.7. The molecule has 0 aliphatic carbocycles. The number of hydrogen-bond acceptors (Lipinski definition) is 7. The van der Waals surface area contributed by atoms with Crippen LogP contribution in [0.2, 0.25) is 0 Å². The van der Waals surface area contributed by atoms with Crippen LogP contribution >= 0.6 is 0 Å². The average molecular weight is 364 g/mol. The first-order valence-electron chi connectivity index (χ1n) is 7.88. The fourth-order valence-electron chi connectivity index (χ4n) is 2.29. The number of ether oxygens (including phenoxy) is 1. The summed E-state index contributed by atoms with van der Waals surface area (Å²) < 4.78 is 5.12. The van der Waals surface area contributed by atoms with Crippen LogP contribution < -0.4 is 10.2 Å². The van der Waals surface area contributed by atoms with Gasteiger partial charge in [-0.3, -0.25) is 9.78 Å². The van der Waals surface area contributed by atoms with Crippen LogP contribution in [0.25, 0.3) is 11.3 Å². The molecule has 0 spiro atoms. The molecule has 0 radical (unpaired) electrons. The molecule has 1 amide bonds. The van der Waals surface area contributed by atoms with Gasteiger partial charge in [0.25, 0.3) is 5.91 Å². The number of hydrogen-bond donors (Lipinski definition) is 3. The standard InChI is InChI=1S/C19H16N4O4/c1-27-16-4-2-13(3-5-16)17-10-20-11-18(22-17)19(26)23-21-9-12-6-14(24)8-15(25)7-12/h2-11,24-25H,1H3,(H,23,26)/b21-9+. The van der Waals surface area contributed by atoms with Crippen LogP contribution in [0.15, 0.2) is 60.0 Å². The fraction of sp³-hybridized carbons (Fsp3) is 0.0526. The van der Waals surface area contributed by atoms with Crippen LogP contribution in [0.1, 0.15) is 16.1 Å². The summed E-state index contributed by atoms with van der Waals surface area (Å²) in [6.07, 6.45) is 4.17. The van der Waals surface area contributed by atoms with Crippen LogP contribution in [-0.4, -0.2) is 39.4 Å². The lowest BCUT2D eigenvalue weighted by molar-refractivity contribution is 0.0950. The Morgan fingerprint density at radius 2 is 1.81 bits per heavy atom. The van der Waals surface area contributed by atoms with Crippen LogP contribution in [0.4, 0.5) is 0 Å². The van der Waals surface area contributed by atoms with Gasteiger partial charge in [0.15, 0.2) is 0 Å². The summed E-state index contributed by atoms with van der Waals surface area (Å²) in [7, 11) is 1.58. The number of nitrogens with one attached hydrogen (secondary N) is 1. The number of carbonyl (C=O) groups is 1. The van der Waals surface area contributed by atoms with E-state index in [1.54, 1.807) is 25.4 Å². The largest absolute Gasteiger partial charge is 0.508 e. The number of aromatic nitrogens is 2. The van der Waals surface area contributed by atoms with Crippen LogP contribution in [0, 0.1) is 0 Å². The predicted octanol–water partition coefficient (Wildman–Crippen LogP) is 2.33. The molecule has 3 rings (SSSR count). The molecule has 0 aliphatic heterocycles. The first-order valence-corrected chi connectivity index (χ1v) is 7.88. The lowest BCUT2D eigenvalue weighted by Gasteiger charge is -2.04. The van der Waals surface area contributed by atoms with E-state index in [-0.39, 0.29) is 17.2 Å². The third-order valence-corrected chi connectivity index (χ3v) is 3.56. The Morgan fingerprint density at radius 1 is 1.11 bits per heavy atom. The number of nitrogens with zero attached hydrogens (tertiary/aromatic N) is 3. The lowest BCUT2D eigenvalue weighted by atomic mass is 10.1. The van der Waals surface area contributed by atoms with Crippen molar-refractivity contribution in [2.75, 3.05) is 7.11 Å². The Balaban J connectivity index is 1.72. The van der Waals surface area contributed by atoms with Gasteiger partial charge in [0, 0.05) is 17.2 Å². The minimum absolute atomic E-state index is 0.0965. The molecule has 1 heterocycles. The van der Waals surface area contributed by atoms with Crippen molar-refractivity contribution < 1.29 is 19.7 Å². The molecular weight excluding hydrogens is 348 g/mol. The van der Waals surface area contributed by atoms with Crippen molar-refractivity contribution in [3.05, 3.63) is 66.1 Å². The molecule has 0 saturated heterocycles. The van der Waals surface area contributed by atoms with Crippen molar-refractivity contribution in [1.82, 2.24) is 15.4 Å². The van der Waals surface area contributed by atoms with E-state index < -0.39 is 5.91 Å². The lowest BCUT2D eigenvalue weighted by Crippen LogP contribution is -2.19. The predicted molar refractivity (Wildman–Crippen MR) is 98.9 cm³/mol. The van der Waals surface area contributed by atoms with Crippen molar-refractivity contribution in [3.8, 4) is 28.5 Å². The summed E-state index contributed by atoms with van der Waals surface area (Å²) >= 11 is 0. The smallest absolute Gasteiger partial charge is 0.291 e. The van der Waals surface area contributed by atoms with E-state index in [9.17, 15) is 15.0 Å². The number of benzene rings is 2. The maximum Gasteiger partial charge on any atom is 0.291 e. The molecule has 136 valence electrons. The van der Waals surface area contributed by atoms with Crippen LogP contribution in [-0.2, 0) is 0 Å². The van der Waals surface area contributed by atoms with Crippen molar-refractivity contribution in [3.63, 3.8) is 0 Å². The minimum Gasteiger partial charge on any atom is -0.508 e. The van der Waals surface area contributed by atoms with Crippen LogP contribution in [0.5, 0.6) is 17.2 Å². The zero-order valence-electron chi connectivity index (χ0n) is 14.3. The van der Waals surface area contributed by atoms with Gasteiger partial charge in [-0.05, 0) is 36.4 Å². The Bertz CT molecular complexity index is 967. The maximum atomic E-state index is 12.2. The second-order valence-electron chi connectivity index (χ2n) is 5.50. The first kappa shape index (κ1) is 17.9. The third-order valence-electron chi connectivity index (χ3n) is 3.56. The summed E-state index contributed by atoms with van der Waals surface area (Å²) in [6, 6.07) is 11.2. The van der Waals surface area contributed by atoms with E-state index in [4.69, 9.17) is 4.74 Å². The highest BCUT2D eigenvalue weighted by Gasteiger charge is 2.09. The molecular formula is C19H16N4O4. The number of amides is 1. The molecule has 8 nitrogen and oxygen atoms in total. The Labute approximate surface area is 154 Å². The Hall–Kier alpha value is -3.94. The van der Waals surface area contributed by atoms with Crippen molar-refractivity contribution in [2.45, 2.75) is 0 Å². The molecule has 1 aromatic heterocycles. The summed E-state index contributed by atoms with van der Waals surface area (Å²) in [4.78, 5) is 20.5. The molecule has 0 aliphatic rings. The minimum atomic E-state index is -0.543. The van der Waals surface area contributed by atoms with Crippen molar-refractivity contribution >= 4 is 12.1 Å². The zero-order chi connectivity index (χ0) is 19.2. The zero-order valence-corrected chi connectivity index (χ0v) is 14.3. The van der Waals surface area contributed by atoms with E-state index in [0.717, 1.165) is 5.56 Å². The number of hydrazone groups is 1. The van der Waals surface area contributed by atoms with Gasteiger partial charge >= 0.3 is 0 Å². The molecule has 0 unspecified atom stereocenters. The summed E-state index contributed by atoms with van der Waals surface area (Å²) in [5.41, 5.74) is 4.17. The van der Waals surface area contributed by atoms with Gasteiger partial charge in [0.1, 0.15) is 22.9 Å². The van der Waals surface area contributed by atoms with Gasteiger partial charge in [-0.15, -0.1) is 0 Å². The van der Waals surface area contributed by atoms with Crippen molar-refractivity contribution in [2.24, 2.45) is 5.10 Å². The SMILES string of the molecule is COc1ccc(-c2cncc(C(=O)N/N=C/c3cc(O)cc(O)c3)n2)cc1. The molecule has 8 heteroatoms. The molecule has 0 saturated carbocycles. The van der Waals surface area contributed by atoms with E-state index in [1.807, 2.05) is 12.1 Å². The second-order valence-corrected chi connectivity index (χ2v) is 5.50. The van der Waals surface area contributed by atoms with Gasteiger partial charge in [0.2, 0.25) is 0 Å². The molecule has 3 N–H and O–H groups in total. The Kier molecular flexibility index (Phi) is 5.27. The second kappa shape index (κ2) is 7.96. The quantitative estimate of drug-likeness (QED) is 0.472. The summed E-state index contributed by atoms with van der Waals surface area (Å²) in [6.45, 7) is 0. The highest BCUT2D eigenvalue weighted by molar-refractivity contribution is 5.93. The van der Waals surface area contributed by atoms with E-state index in [2.05, 4.69) is 20.5 Å². The van der Waals surface area contributed by atoms with Crippen LogP contribution in [0.3, 0.4) is 0 Å². The monoisotopic (exact) mass is 364 g/mol. The van der Waals surface area contributed by atoms with Gasteiger partial charge in [-0.25, -0.2) is 10.4 Å². The summed E-state index contributed by atoms with van der Waals surface area (Å²) in [5.74, 6) is -0.0481. The van der Waals surface area contributed by atoms with Crippen molar-refractivity contribution in [1.29, 1.82) is 0 Å². The molecule has 0 bridgehead atoms. The first-order chi connectivity index (χ1) is 13.0. The number of phenolic OH excluding ortho intramolecular Hbond substituents is 2. The maximum absolute atomic E-state index is 12.2. The summed E-state index contributed by atoms with van der Waals surface area (Å²) in [5, 5.41) is 22.6. The number of aromatic hydroxyl groups is 2. The average Bonchev–Trinajstić information content (AvgIpc) is 2.67. The van der Waals surface area contributed by atoms with E-state index >= 15 is 0 Å². The number of phenols is 2. The number of carbonyl (C=O) groups excluding carboxylic acids is 1. The van der Waals surface area contributed by atoms with Gasteiger partial charge in [-0.2, -0.15) is 5.10 Å². The molecule has 0 fully saturated rings. The van der Waals surface area contributed by atoms with Gasteiger partial charge in [0.05, 0.1) is 31.4 Å². The number of rotatable bonds is 5. The molecule has 2 aromatic carbocycles. The molecule has 27 heavy (non-hydrogen) atoms. The topological polar surface area (TPSA) is 117 Å². The van der Waals surface area contributed by atoms with E-state index in [0.29, 0.717) is 17.0 Å². The highest BCUT2D eigenvalue weighted by Crippen LogP contribution is 2.20.